The van der Waals surface area contributed by atoms with Crippen LogP contribution in [0.15, 0.2) is 72.4 Å². The predicted octanol–water partition coefficient (Wildman–Crippen LogP) is 3.47. The summed E-state index contributed by atoms with van der Waals surface area (Å²) in [6.45, 7) is 0. The molecule has 1 N–H and O–H groups in total. The third-order valence-corrected chi connectivity index (χ3v) is 3.88. The molecule has 1 aliphatic carbocycles. The Morgan fingerprint density at radius 2 is 2.08 bits per heavy atom. The third-order valence-electron chi connectivity index (χ3n) is 3.88. The maximum absolute atomic E-state index is 12.2. The monoisotopic (exact) mass is 325 g/mol. The normalized spacial score (nSPS) is 17.8. The minimum absolute atomic E-state index is 0.0711. The molecule has 1 aliphatic heterocycles. The van der Waals surface area contributed by atoms with Crippen LogP contribution >= 0.6 is 0 Å². The van der Waals surface area contributed by atoms with Crippen LogP contribution in [0, 0.1) is 0 Å². The lowest BCUT2D eigenvalue weighted by Gasteiger charge is -2.17. The van der Waals surface area contributed by atoms with E-state index in [0.717, 1.165) is 12.8 Å². The van der Waals surface area contributed by atoms with Crippen LogP contribution in [-0.2, 0) is 14.3 Å². The maximum atomic E-state index is 12.2. The van der Waals surface area contributed by atoms with Crippen LogP contribution in [0.3, 0.4) is 0 Å². The van der Waals surface area contributed by atoms with Gasteiger partial charge in [-0.1, -0.05) is 23.8 Å². The minimum atomic E-state index is -0.894. The third kappa shape index (κ3) is 4.20. The van der Waals surface area contributed by atoms with Crippen molar-refractivity contribution in [3.05, 3.63) is 77.9 Å². The van der Waals surface area contributed by atoms with Crippen LogP contribution in [0.5, 0.6) is 0 Å². The largest absolute Gasteiger partial charge is 0.462 e. The maximum Gasteiger partial charge on any atom is 0.204 e. The first-order valence-electron chi connectivity index (χ1n) is 7.90. The molecule has 1 unspecified atom stereocenters. The summed E-state index contributed by atoms with van der Waals surface area (Å²) in [5.41, 5.74) is 1.91. The Morgan fingerprint density at radius 1 is 1.25 bits per heavy atom. The summed E-state index contributed by atoms with van der Waals surface area (Å²) in [7, 11) is 0. The number of carbonyl (C=O) groups excluding carboxylic acids is 1. The Labute approximate surface area is 140 Å². The molecule has 3 rings (SSSR count). The average Bonchev–Trinajstić information content (AvgIpc) is 2.64. The second-order valence-corrected chi connectivity index (χ2v) is 5.69. The van der Waals surface area contributed by atoms with Crippen molar-refractivity contribution in [1.29, 1.82) is 0 Å². The van der Waals surface area contributed by atoms with E-state index >= 15 is 0 Å². The number of nitrogens with zero attached hydrogens (tertiary/aromatic N) is 1. The van der Waals surface area contributed by atoms with Crippen molar-refractivity contribution in [1.82, 2.24) is 4.98 Å². The van der Waals surface area contributed by atoms with E-state index in [9.17, 15) is 9.90 Å². The molecular formula is C19H19NO4. The number of ether oxygens (including phenoxy) is 2. The molecule has 2 aliphatic rings. The number of pyridine rings is 1. The van der Waals surface area contributed by atoms with Crippen molar-refractivity contribution >= 4 is 5.78 Å². The number of hydrogen-bond acceptors (Lipinski definition) is 5. The Morgan fingerprint density at radius 3 is 2.75 bits per heavy atom. The quantitative estimate of drug-likeness (QED) is 0.867. The van der Waals surface area contributed by atoms with Crippen molar-refractivity contribution in [2.75, 3.05) is 0 Å². The molecule has 1 aromatic rings. The first-order chi connectivity index (χ1) is 11.7. The van der Waals surface area contributed by atoms with Gasteiger partial charge in [0.2, 0.25) is 11.5 Å². The van der Waals surface area contributed by atoms with Gasteiger partial charge in [0.1, 0.15) is 18.3 Å². The number of aliphatic hydroxyl groups excluding tert-OH is 1. The molecule has 24 heavy (non-hydrogen) atoms. The van der Waals surface area contributed by atoms with Gasteiger partial charge >= 0.3 is 0 Å². The first-order valence-corrected chi connectivity index (χ1v) is 7.90. The van der Waals surface area contributed by atoms with Crippen LogP contribution in [0.2, 0.25) is 0 Å². The fourth-order valence-corrected chi connectivity index (χ4v) is 2.53. The van der Waals surface area contributed by atoms with Crippen LogP contribution < -0.4 is 0 Å². The van der Waals surface area contributed by atoms with E-state index in [4.69, 9.17) is 9.47 Å². The number of Topliss-reactive ketones (excluding diaryl/α,β-unsaturated/α-hetero) is 1. The highest BCUT2D eigenvalue weighted by molar-refractivity contribution is 5.93. The van der Waals surface area contributed by atoms with Gasteiger partial charge in [0.05, 0.1) is 6.10 Å². The minimum Gasteiger partial charge on any atom is -0.462 e. The average molecular weight is 325 g/mol. The van der Waals surface area contributed by atoms with Crippen LogP contribution in [0.4, 0.5) is 0 Å². The summed E-state index contributed by atoms with van der Waals surface area (Å²) in [5, 5.41) is 10.1. The van der Waals surface area contributed by atoms with Gasteiger partial charge in [0.15, 0.2) is 0 Å². The predicted molar refractivity (Wildman–Crippen MR) is 88.2 cm³/mol. The second kappa shape index (κ2) is 7.75. The zero-order chi connectivity index (χ0) is 16.8. The Kier molecular flexibility index (Phi) is 5.23. The van der Waals surface area contributed by atoms with Crippen molar-refractivity contribution in [3.63, 3.8) is 0 Å². The summed E-state index contributed by atoms with van der Waals surface area (Å²) in [6.07, 6.45) is 13.9. The summed E-state index contributed by atoms with van der Waals surface area (Å²) in [6, 6.07) is 3.35. The molecule has 124 valence electrons. The van der Waals surface area contributed by atoms with Crippen molar-refractivity contribution in [3.8, 4) is 0 Å². The molecule has 0 bridgehead atoms. The number of ketones is 1. The standard InChI is InChI=1S/C19H19NO4/c21-17(15-6-8-20-9-7-15)11-18(22)19-13-23-16(12-24-19)10-14-4-2-1-3-5-14/h1-2,4,6-9,12-13,17,21H,3,5,10-11H2. The highest BCUT2D eigenvalue weighted by Crippen LogP contribution is 2.25. The van der Waals surface area contributed by atoms with E-state index in [-0.39, 0.29) is 18.0 Å². The van der Waals surface area contributed by atoms with Gasteiger partial charge in [0, 0.05) is 25.2 Å². The number of hydrogen-bond donors (Lipinski definition) is 1. The van der Waals surface area contributed by atoms with E-state index < -0.39 is 6.10 Å². The van der Waals surface area contributed by atoms with Crippen LogP contribution in [0.25, 0.3) is 0 Å². The summed E-state index contributed by atoms with van der Waals surface area (Å²) >= 11 is 0. The van der Waals surface area contributed by atoms with Gasteiger partial charge in [0.25, 0.3) is 0 Å². The lowest BCUT2D eigenvalue weighted by molar-refractivity contribution is -0.120. The van der Waals surface area contributed by atoms with Gasteiger partial charge in [-0.3, -0.25) is 9.78 Å². The number of aliphatic hydroxyl groups is 1. The van der Waals surface area contributed by atoms with E-state index in [1.165, 1.54) is 18.1 Å². The Hall–Kier alpha value is -2.66. The van der Waals surface area contributed by atoms with Gasteiger partial charge < -0.3 is 14.6 Å². The zero-order valence-electron chi connectivity index (χ0n) is 13.2. The summed E-state index contributed by atoms with van der Waals surface area (Å²) in [5.74, 6) is 0.460. The molecule has 5 nitrogen and oxygen atoms in total. The lowest BCUT2D eigenvalue weighted by Crippen LogP contribution is -2.13. The highest BCUT2D eigenvalue weighted by Gasteiger charge is 2.21. The molecule has 5 heteroatoms. The highest BCUT2D eigenvalue weighted by atomic mass is 16.5. The van der Waals surface area contributed by atoms with E-state index in [2.05, 4.69) is 17.1 Å². The summed E-state index contributed by atoms with van der Waals surface area (Å²) < 4.78 is 10.9. The fraction of sp³-hybridized carbons (Fsp3) is 0.263. The fourth-order valence-electron chi connectivity index (χ4n) is 2.53. The SMILES string of the molecule is O=C(CC(O)c1ccncc1)C1=COC(CC2=CC=CCC2)=CO1. The van der Waals surface area contributed by atoms with Gasteiger partial charge in [-0.05, 0) is 30.5 Å². The van der Waals surface area contributed by atoms with Crippen LogP contribution in [-0.4, -0.2) is 15.9 Å². The van der Waals surface area contributed by atoms with E-state index in [0.29, 0.717) is 17.7 Å². The molecule has 0 amide bonds. The molecular weight excluding hydrogens is 306 g/mol. The molecule has 0 aromatic carbocycles. The molecule has 0 spiro atoms. The smallest absolute Gasteiger partial charge is 0.204 e. The van der Waals surface area contributed by atoms with Crippen molar-refractivity contribution in [2.45, 2.75) is 31.8 Å². The van der Waals surface area contributed by atoms with Crippen LogP contribution in [0.1, 0.15) is 37.4 Å². The number of carbonyl (C=O) groups is 1. The Balaban J connectivity index is 1.52. The second-order valence-electron chi connectivity index (χ2n) is 5.69. The van der Waals surface area contributed by atoms with E-state index in [1.807, 2.05) is 6.08 Å². The molecule has 0 radical (unpaired) electrons. The molecule has 1 atom stereocenters. The van der Waals surface area contributed by atoms with E-state index in [1.54, 1.807) is 24.5 Å². The van der Waals surface area contributed by atoms with Crippen molar-refractivity contribution < 1.29 is 19.4 Å². The van der Waals surface area contributed by atoms with Gasteiger partial charge in [-0.15, -0.1) is 0 Å². The summed E-state index contributed by atoms with van der Waals surface area (Å²) in [4.78, 5) is 16.1. The first kappa shape index (κ1) is 16.2. The molecule has 0 fully saturated rings. The Bertz CT molecular complexity index is 716. The topological polar surface area (TPSA) is 68.7 Å². The zero-order valence-corrected chi connectivity index (χ0v) is 13.2. The molecule has 0 saturated heterocycles. The molecule has 0 saturated carbocycles. The van der Waals surface area contributed by atoms with Gasteiger partial charge in [-0.2, -0.15) is 0 Å². The number of rotatable bonds is 6. The lowest BCUT2D eigenvalue weighted by atomic mass is 10.0. The van der Waals surface area contributed by atoms with Gasteiger partial charge in [-0.25, -0.2) is 0 Å². The number of aromatic nitrogens is 1. The van der Waals surface area contributed by atoms with Crippen molar-refractivity contribution in [2.24, 2.45) is 0 Å². The number of allylic oxidation sites excluding steroid dienone is 5. The molecule has 1 aromatic heterocycles. The molecule has 2 heterocycles.